The normalized spacial score (nSPS) is 12.6. The predicted molar refractivity (Wildman–Crippen MR) is 64.0 cm³/mol. The van der Waals surface area contributed by atoms with Crippen LogP contribution in [0.2, 0.25) is 0 Å². The zero-order valence-electron chi connectivity index (χ0n) is 8.47. The molecule has 0 amide bonds. The summed E-state index contributed by atoms with van der Waals surface area (Å²) in [7, 11) is 0. The lowest BCUT2D eigenvalue weighted by molar-refractivity contribution is 0.168. The van der Waals surface area contributed by atoms with Crippen molar-refractivity contribution in [3.05, 3.63) is 58.3 Å². The number of hydrogen-bond donors (Lipinski definition) is 1. The van der Waals surface area contributed by atoms with Crippen LogP contribution >= 0.6 is 11.3 Å². The molecule has 1 nitrogen and oxygen atoms in total. The molecule has 0 aliphatic rings. The topological polar surface area (TPSA) is 20.2 Å². The van der Waals surface area contributed by atoms with Gasteiger partial charge in [0.25, 0.3) is 0 Å². The Kier molecular flexibility index (Phi) is 3.54. The van der Waals surface area contributed by atoms with Crippen molar-refractivity contribution in [2.75, 3.05) is 0 Å². The van der Waals surface area contributed by atoms with Crippen LogP contribution in [0.15, 0.2) is 47.2 Å². The van der Waals surface area contributed by atoms with Crippen LogP contribution in [0, 0.1) is 0 Å². The molecule has 2 rings (SSSR count). The van der Waals surface area contributed by atoms with E-state index in [4.69, 9.17) is 0 Å². The largest absolute Gasteiger partial charge is 0.388 e. The molecule has 1 atom stereocenters. The second-order valence-corrected chi connectivity index (χ2v) is 4.38. The van der Waals surface area contributed by atoms with Gasteiger partial charge in [0.1, 0.15) is 0 Å². The highest BCUT2D eigenvalue weighted by Crippen LogP contribution is 2.20. The molecule has 78 valence electrons. The van der Waals surface area contributed by atoms with Gasteiger partial charge in [-0.05, 0) is 40.8 Å². The average Bonchev–Trinajstić information content (AvgIpc) is 2.81. The second-order valence-electron chi connectivity index (χ2n) is 3.60. The lowest BCUT2D eigenvalue weighted by Crippen LogP contribution is -1.97. The van der Waals surface area contributed by atoms with Crippen LogP contribution in [0.5, 0.6) is 0 Å². The summed E-state index contributed by atoms with van der Waals surface area (Å²) in [6.07, 6.45) is 1.40. The molecule has 0 saturated carbocycles. The first-order valence-electron chi connectivity index (χ1n) is 5.10. The molecule has 0 bridgehead atoms. The van der Waals surface area contributed by atoms with Crippen molar-refractivity contribution >= 4 is 11.3 Å². The third-order valence-corrected chi connectivity index (χ3v) is 3.18. The van der Waals surface area contributed by atoms with Gasteiger partial charge in [0.05, 0.1) is 6.10 Å². The fraction of sp³-hybridized carbons (Fsp3) is 0.231. The van der Waals surface area contributed by atoms with Crippen molar-refractivity contribution in [3.63, 3.8) is 0 Å². The molecule has 2 heteroatoms. The number of hydrogen-bond acceptors (Lipinski definition) is 2. The van der Waals surface area contributed by atoms with Crippen LogP contribution in [-0.4, -0.2) is 5.11 Å². The van der Waals surface area contributed by atoms with Crippen LogP contribution in [0.3, 0.4) is 0 Å². The first-order chi connectivity index (χ1) is 7.36. The Labute approximate surface area is 94.0 Å². The van der Waals surface area contributed by atoms with Gasteiger partial charge in [0.15, 0.2) is 0 Å². The van der Waals surface area contributed by atoms with E-state index in [-0.39, 0.29) is 6.10 Å². The Bertz CT molecular complexity index is 380. The number of rotatable bonds is 4. The molecule has 2 aromatic rings. The fourth-order valence-corrected chi connectivity index (χ4v) is 2.29. The van der Waals surface area contributed by atoms with Gasteiger partial charge >= 0.3 is 0 Å². The molecule has 1 aromatic carbocycles. The first-order valence-corrected chi connectivity index (χ1v) is 6.04. The highest BCUT2D eigenvalue weighted by Gasteiger charge is 2.07. The summed E-state index contributed by atoms with van der Waals surface area (Å²) >= 11 is 1.63. The van der Waals surface area contributed by atoms with Gasteiger partial charge in [0, 0.05) is 0 Å². The minimum Gasteiger partial charge on any atom is -0.388 e. The van der Waals surface area contributed by atoms with E-state index in [0.717, 1.165) is 18.4 Å². The van der Waals surface area contributed by atoms with Crippen molar-refractivity contribution < 1.29 is 5.11 Å². The Morgan fingerprint density at radius 3 is 2.60 bits per heavy atom. The molecule has 0 fully saturated rings. The van der Waals surface area contributed by atoms with E-state index in [1.54, 1.807) is 11.3 Å². The molecule has 1 N–H and O–H groups in total. The van der Waals surface area contributed by atoms with Crippen molar-refractivity contribution in [2.45, 2.75) is 18.9 Å². The molecule has 0 spiro atoms. The third-order valence-electron chi connectivity index (χ3n) is 2.48. The predicted octanol–water partition coefficient (Wildman–Crippen LogP) is 3.41. The number of benzene rings is 1. The Morgan fingerprint density at radius 1 is 1.13 bits per heavy atom. The quantitative estimate of drug-likeness (QED) is 0.833. The summed E-state index contributed by atoms with van der Waals surface area (Å²) in [6.45, 7) is 0. The smallest absolute Gasteiger partial charge is 0.0801 e. The van der Waals surface area contributed by atoms with Gasteiger partial charge < -0.3 is 5.11 Å². The van der Waals surface area contributed by atoms with Gasteiger partial charge in [-0.1, -0.05) is 30.3 Å². The summed E-state index contributed by atoms with van der Waals surface area (Å²) < 4.78 is 0. The summed E-state index contributed by atoms with van der Waals surface area (Å²) in [5, 5.41) is 13.9. The maximum atomic E-state index is 9.88. The van der Waals surface area contributed by atoms with Gasteiger partial charge in [-0.15, -0.1) is 0 Å². The van der Waals surface area contributed by atoms with E-state index < -0.39 is 0 Å². The minimum absolute atomic E-state index is 0.323. The Morgan fingerprint density at radius 2 is 1.93 bits per heavy atom. The zero-order valence-corrected chi connectivity index (χ0v) is 9.28. The van der Waals surface area contributed by atoms with Crippen LogP contribution < -0.4 is 0 Å². The first kappa shape index (κ1) is 10.4. The van der Waals surface area contributed by atoms with Crippen molar-refractivity contribution in [1.82, 2.24) is 0 Å². The summed E-state index contributed by atoms with van der Waals surface area (Å²) in [4.78, 5) is 0. The molecule has 0 aliphatic heterocycles. The van der Waals surface area contributed by atoms with Crippen molar-refractivity contribution in [1.29, 1.82) is 0 Å². The van der Waals surface area contributed by atoms with Crippen molar-refractivity contribution in [3.8, 4) is 0 Å². The number of aliphatic hydroxyl groups is 1. The molecule has 0 aliphatic carbocycles. The highest BCUT2D eigenvalue weighted by molar-refractivity contribution is 7.07. The number of aryl methyl sites for hydroxylation is 1. The van der Waals surface area contributed by atoms with E-state index >= 15 is 0 Å². The van der Waals surface area contributed by atoms with E-state index in [9.17, 15) is 5.11 Å². The molecule has 0 radical (unpaired) electrons. The monoisotopic (exact) mass is 218 g/mol. The zero-order chi connectivity index (χ0) is 10.5. The molecule has 1 unspecified atom stereocenters. The summed E-state index contributed by atoms with van der Waals surface area (Å²) in [6, 6.07) is 12.3. The van der Waals surface area contributed by atoms with Crippen LogP contribution in [0.4, 0.5) is 0 Å². The van der Waals surface area contributed by atoms with Crippen LogP contribution in [-0.2, 0) is 6.42 Å². The highest BCUT2D eigenvalue weighted by atomic mass is 32.1. The van der Waals surface area contributed by atoms with Crippen LogP contribution in [0.25, 0.3) is 0 Å². The van der Waals surface area contributed by atoms with Crippen LogP contribution in [0.1, 0.15) is 23.7 Å². The second kappa shape index (κ2) is 5.10. The van der Waals surface area contributed by atoms with Gasteiger partial charge in [0.2, 0.25) is 0 Å². The van der Waals surface area contributed by atoms with E-state index in [1.165, 1.54) is 5.56 Å². The molecular formula is C13H14OS. The Balaban J connectivity index is 1.89. The summed E-state index contributed by atoms with van der Waals surface area (Å²) in [5.41, 5.74) is 2.32. The maximum absolute atomic E-state index is 9.88. The molecule has 1 aromatic heterocycles. The minimum atomic E-state index is -0.323. The lowest BCUT2D eigenvalue weighted by Gasteiger charge is -2.08. The average molecular weight is 218 g/mol. The van der Waals surface area contributed by atoms with Crippen molar-refractivity contribution in [2.24, 2.45) is 0 Å². The standard InChI is InChI=1S/C13H14OS/c14-13(12-8-9-15-10-12)7-6-11-4-2-1-3-5-11/h1-5,8-10,13-14H,6-7H2. The molecule has 1 heterocycles. The van der Waals surface area contributed by atoms with Gasteiger partial charge in [-0.25, -0.2) is 0 Å². The SMILES string of the molecule is OC(CCc1ccccc1)c1ccsc1. The maximum Gasteiger partial charge on any atom is 0.0801 e. The lowest BCUT2D eigenvalue weighted by atomic mass is 10.0. The Hall–Kier alpha value is -1.12. The number of thiophene rings is 1. The third kappa shape index (κ3) is 2.91. The van der Waals surface area contributed by atoms with Gasteiger partial charge in [-0.2, -0.15) is 11.3 Å². The molecule has 15 heavy (non-hydrogen) atoms. The molecule has 0 saturated heterocycles. The summed E-state index contributed by atoms with van der Waals surface area (Å²) in [5.74, 6) is 0. The van der Waals surface area contributed by atoms with E-state index in [1.807, 2.05) is 35.0 Å². The number of aliphatic hydroxyl groups excluding tert-OH is 1. The van der Waals surface area contributed by atoms with Gasteiger partial charge in [-0.3, -0.25) is 0 Å². The molecular weight excluding hydrogens is 204 g/mol. The van der Waals surface area contributed by atoms with E-state index in [0.29, 0.717) is 0 Å². The fourth-order valence-electron chi connectivity index (χ4n) is 1.58. The van der Waals surface area contributed by atoms with E-state index in [2.05, 4.69) is 12.1 Å².